The van der Waals surface area contributed by atoms with Crippen LogP contribution in [0.4, 0.5) is 0 Å². The van der Waals surface area contributed by atoms with Crippen LogP contribution in [-0.4, -0.2) is 12.6 Å². The predicted octanol–water partition coefficient (Wildman–Crippen LogP) is 6.20. The van der Waals surface area contributed by atoms with E-state index in [1.165, 1.54) is 44.9 Å². The fraction of sp³-hybridized carbons (Fsp3) is 0.842. The van der Waals surface area contributed by atoms with Crippen molar-refractivity contribution in [2.24, 2.45) is 0 Å². The summed E-state index contributed by atoms with van der Waals surface area (Å²) in [5, 5.41) is 0. The Balaban J connectivity index is 3.19. The summed E-state index contributed by atoms with van der Waals surface area (Å²) in [5.41, 5.74) is 0. The summed E-state index contributed by atoms with van der Waals surface area (Å²) in [6, 6.07) is 0. The molecule has 0 aromatic carbocycles. The summed E-state index contributed by atoms with van der Waals surface area (Å²) in [7, 11) is 0. The molecule has 0 aliphatic rings. The molecular formula is C19H36O2. The van der Waals surface area contributed by atoms with Crippen molar-refractivity contribution in [2.75, 3.05) is 6.61 Å². The molecule has 0 heterocycles. The number of ether oxygens (including phenoxy) is 1. The second-order valence-corrected chi connectivity index (χ2v) is 5.85. The molecule has 0 aliphatic heterocycles. The summed E-state index contributed by atoms with van der Waals surface area (Å²) in [4.78, 5) is 11.4. The van der Waals surface area contributed by atoms with Gasteiger partial charge in [-0.2, -0.15) is 0 Å². The molecular weight excluding hydrogens is 260 g/mol. The first-order valence-electron chi connectivity index (χ1n) is 9.11. The Morgan fingerprint density at radius 3 is 1.95 bits per heavy atom. The molecule has 124 valence electrons. The zero-order valence-electron chi connectivity index (χ0n) is 14.4. The van der Waals surface area contributed by atoms with E-state index in [-0.39, 0.29) is 5.97 Å². The van der Waals surface area contributed by atoms with Crippen molar-refractivity contribution in [1.29, 1.82) is 0 Å². The average molecular weight is 296 g/mol. The van der Waals surface area contributed by atoms with Crippen LogP contribution in [-0.2, 0) is 9.53 Å². The lowest BCUT2D eigenvalue weighted by Gasteiger charge is -2.03. The monoisotopic (exact) mass is 296 g/mol. The van der Waals surface area contributed by atoms with E-state index in [0.717, 1.165) is 32.1 Å². The molecule has 0 fully saturated rings. The van der Waals surface area contributed by atoms with Gasteiger partial charge in [0, 0.05) is 6.42 Å². The van der Waals surface area contributed by atoms with Crippen LogP contribution in [0, 0.1) is 0 Å². The van der Waals surface area contributed by atoms with Crippen molar-refractivity contribution in [3.63, 3.8) is 0 Å². The summed E-state index contributed by atoms with van der Waals surface area (Å²) >= 11 is 0. The SMILES string of the molecule is CCCCCCCC=CCCCCCC(=O)OCCCC. The minimum Gasteiger partial charge on any atom is -0.466 e. The van der Waals surface area contributed by atoms with E-state index in [1.807, 2.05) is 0 Å². The highest BCUT2D eigenvalue weighted by Gasteiger charge is 2.01. The lowest BCUT2D eigenvalue weighted by atomic mass is 10.1. The molecule has 0 rings (SSSR count). The van der Waals surface area contributed by atoms with Gasteiger partial charge in [-0.3, -0.25) is 4.79 Å². The first kappa shape index (κ1) is 20.2. The van der Waals surface area contributed by atoms with Gasteiger partial charge >= 0.3 is 5.97 Å². The molecule has 0 radical (unpaired) electrons. The third kappa shape index (κ3) is 17.2. The van der Waals surface area contributed by atoms with Gasteiger partial charge in [-0.1, -0.05) is 64.5 Å². The highest BCUT2D eigenvalue weighted by molar-refractivity contribution is 5.69. The van der Waals surface area contributed by atoms with Gasteiger partial charge in [0.15, 0.2) is 0 Å². The second kappa shape index (κ2) is 17.3. The van der Waals surface area contributed by atoms with E-state index < -0.39 is 0 Å². The molecule has 0 spiro atoms. The number of carbonyl (C=O) groups is 1. The maximum atomic E-state index is 11.4. The highest BCUT2D eigenvalue weighted by atomic mass is 16.5. The van der Waals surface area contributed by atoms with Crippen LogP contribution in [0.25, 0.3) is 0 Å². The molecule has 0 aromatic rings. The summed E-state index contributed by atoms with van der Waals surface area (Å²) in [6.45, 7) is 4.95. The molecule has 0 unspecified atom stereocenters. The molecule has 0 aliphatic carbocycles. The van der Waals surface area contributed by atoms with Crippen LogP contribution in [0.15, 0.2) is 12.2 Å². The highest BCUT2D eigenvalue weighted by Crippen LogP contribution is 2.08. The van der Waals surface area contributed by atoms with Gasteiger partial charge in [-0.25, -0.2) is 0 Å². The number of carbonyl (C=O) groups excluding carboxylic acids is 1. The Morgan fingerprint density at radius 1 is 0.762 bits per heavy atom. The van der Waals surface area contributed by atoms with Crippen LogP contribution in [0.2, 0.25) is 0 Å². The minimum atomic E-state index is -0.0222. The van der Waals surface area contributed by atoms with Crippen LogP contribution < -0.4 is 0 Å². The third-order valence-electron chi connectivity index (χ3n) is 3.65. The fourth-order valence-electron chi connectivity index (χ4n) is 2.21. The molecule has 0 saturated heterocycles. The Bertz CT molecular complexity index is 246. The number of rotatable bonds is 15. The maximum absolute atomic E-state index is 11.4. The molecule has 21 heavy (non-hydrogen) atoms. The topological polar surface area (TPSA) is 26.3 Å². The smallest absolute Gasteiger partial charge is 0.305 e. The van der Waals surface area contributed by atoms with Crippen molar-refractivity contribution in [3.05, 3.63) is 12.2 Å². The van der Waals surface area contributed by atoms with Crippen LogP contribution in [0.1, 0.15) is 97.3 Å². The van der Waals surface area contributed by atoms with Crippen molar-refractivity contribution in [2.45, 2.75) is 97.3 Å². The number of hydrogen-bond acceptors (Lipinski definition) is 2. The summed E-state index contributed by atoms with van der Waals surface area (Å²) in [5.74, 6) is -0.0222. The molecule has 2 heteroatoms. The largest absolute Gasteiger partial charge is 0.466 e. The van der Waals surface area contributed by atoms with Crippen molar-refractivity contribution in [3.8, 4) is 0 Å². The Labute approximate surface area is 132 Å². The zero-order chi connectivity index (χ0) is 15.6. The Morgan fingerprint density at radius 2 is 1.33 bits per heavy atom. The Kier molecular flexibility index (Phi) is 16.6. The molecule has 0 saturated carbocycles. The van der Waals surface area contributed by atoms with Gasteiger partial charge in [0.05, 0.1) is 6.61 Å². The summed E-state index contributed by atoms with van der Waals surface area (Å²) in [6.07, 6.45) is 19.7. The van der Waals surface area contributed by atoms with Gasteiger partial charge in [0.1, 0.15) is 0 Å². The molecule has 0 aromatic heterocycles. The van der Waals surface area contributed by atoms with Crippen molar-refractivity contribution in [1.82, 2.24) is 0 Å². The average Bonchev–Trinajstić information content (AvgIpc) is 2.48. The van der Waals surface area contributed by atoms with E-state index in [9.17, 15) is 4.79 Å². The fourth-order valence-corrected chi connectivity index (χ4v) is 2.21. The Hall–Kier alpha value is -0.790. The van der Waals surface area contributed by atoms with Crippen LogP contribution >= 0.6 is 0 Å². The predicted molar refractivity (Wildman–Crippen MR) is 91.5 cm³/mol. The molecule has 0 bridgehead atoms. The zero-order valence-corrected chi connectivity index (χ0v) is 14.4. The van der Waals surface area contributed by atoms with Gasteiger partial charge in [0.25, 0.3) is 0 Å². The van der Waals surface area contributed by atoms with Crippen LogP contribution in [0.5, 0.6) is 0 Å². The third-order valence-corrected chi connectivity index (χ3v) is 3.65. The van der Waals surface area contributed by atoms with E-state index >= 15 is 0 Å². The van der Waals surface area contributed by atoms with Gasteiger partial charge < -0.3 is 4.74 Å². The number of allylic oxidation sites excluding steroid dienone is 2. The van der Waals surface area contributed by atoms with Crippen LogP contribution in [0.3, 0.4) is 0 Å². The first-order valence-corrected chi connectivity index (χ1v) is 9.11. The van der Waals surface area contributed by atoms with Crippen molar-refractivity contribution >= 4 is 5.97 Å². The molecule has 0 N–H and O–H groups in total. The van der Waals surface area contributed by atoms with E-state index in [0.29, 0.717) is 13.0 Å². The van der Waals surface area contributed by atoms with E-state index in [4.69, 9.17) is 4.74 Å². The molecule has 0 amide bonds. The molecule has 2 nitrogen and oxygen atoms in total. The standard InChI is InChI=1S/C19H36O2/c1-3-5-7-8-9-10-11-12-13-14-15-16-17-19(20)21-18-6-4-2/h11-12H,3-10,13-18H2,1-2H3. The van der Waals surface area contributed by atoms with Gasteiger partial charge in [0.2, 0.25) is 0 Å². The maximum Gasteiger partial charge on any atom is 0.305 e. The quantitative estimate of drug-likeness (QED) is 0.204. The molecule has 0 atom stereocenters. The van der Waals surface area contributed by atoms with E-state index in [1.54, 1.807) is 0 Å². The van der Waals surface area contributed by atoms with Crippen molar-refractivity contribution < 1.29 is 9.53 Å². The first-order chi connectivity index (χ1) is 10.3. The van der Waals surface area contributed by atoms with Gasteiger partial charge in [-0.05, 0) is 38.5 Å². The minimum absolute atomic E-state index is 0.0222. The number of hydrogen-bond donors (Lipinski definition) is 0. The second-order valence-electron chi connectivity index (χ2n) is 5.85. The number of unbranched alkanes of at least 4 members (excludes halogenated alkanes) is 9. The summed E-state index contributed by atoms with van der Waals surface area (Å²) < 4.78 is 5.13. The lowest BCUT2D eigenvalue weighted by Crippen LogP contribution is -2.05. The van der Waals surface area contributed by atoms with Gasteiger partial charge in [-0.15, -0.1) is 0 Å². The number of esters is 1. The normalized spacial score (nSPS) is 11.1. The lowest BCUT2D eigenvalue weighted by molar-refractivity contribution is -0.143. The van der Waals surface area contributed by atoms with E-state index in [2.05, 4.69) is 26.0 Å².